The van der Waals surface area contributed by atoms with E-state index in [0.29, 0.717) is 13.2 Å². The maximum Gasteiger partial charge on any atom is 0.293 e. The number of nitrogens with two attached hydrogens (primary N) is 1. The summed E-state index contributed by atoms with van der Waals surface area (Å²) in [5, 5.41) is 19.3. The van der Waals surface area contributed by atoms with Crippen LogP contribution in [-0.4, -0.2) is 26.5 Å². The summed E-state index contributed by atoms with van der Waals surface area (Å²) < 4.78 is 28.4. The topological polar surface area (TPSA) is 125 Å². The molecule has 2 aromatic carbocycles. The van der Waals surface area contributed by atoms with Crippen LogP contribution in [-0.2, 0) is 10.0 Å². The van der Waals surface area contributed by atoms with Gasteiger partial charge in [-0.15, -0.1) is 0 Å². The lowest BCUT2D eigenvalue weighted by atomic mass is 9.93. The number of ether oxygens (including phenoxy) is 1. The number of nitrogens with one attached hydrogen (secondary N) is 1. The monoisotopic (exact) mass is 363 g/mol. The van der Waals surface area contributed by atoms with E-state index in [0.717, 1.165) is 23.8 Å². The highest BCUT2D eigenvalue weighted by Crippen LogP contribution is 2.34. The highest BCUT2D eigenvalue weighted by Gasteiger charge is 2.23. The van der Waals surface area contributed by atoms with Crippen LogP contribution in [0.3, 0.4) is 0 Å². The number of fused-ring (bicyclic) bond motifs is 1. The van der Waals surface area contributed by atoms with Gasteiger partial charge in [0.05, 0.1) is 16.4 Å². The van der Waals surface area contributed by atoms with Crippen LogP contribution in [0.4, 0.5) is 11.4 Å². The second-order valence-corrected chi connectivity index (χ2v) is 7.30. The highest BCUT2D eigenvalue weighted by molar-refractivity contribution is 7.89. The first-order valence-corrected chi connectivity index (χ1v) is 9.18. The second-order valence-electron chi connectivity index (χ2n) is 5.73. The number of primary sulfonamides is 1. The first-order chi connectivity index (χ1) is 11.9. The van der Waals surface area contributed by atoms with Gasteiger partial charge in [-0.05, 0) is 30.2 Å². The quantitative estimate of drug-likeness (QED) is 0.620. The summed E-state index contributed by atoms with van der Waals surface area (Å²) in [4.78, 5) is 10.3. The number of hydrogen-bond donors (Lipinski definition) is 2. The predicted molar refractivity (Wildman–Crippen MR) is 92.3 cm³/mol. The molecule has 2 aromatic rings. The standard InChI is InChI=1S/C16H17N3O5S/c17-25(22,23)12-5-6-14(15(9-12)19(20)21)18-10-11-7-8-24-16-4-2-1-3-13(11)16/h1-6,9,11,18H,7-8,10H2,(H2,17,22,23). The Bertz CT molecular complexity index is 914. The van der Waals surface area contributed by atoms with Crippen LogP contribution in [0.15, 0.2) is 47.4 Å². The molecule has 3 rings (SSSR count). The molecule has 0 amide bonds. The van der Waals surface area contributed by atoms with Gasteiger partial charge in [0.15, 0.2) is 0 Å². The number of rotatable bonds is 5. The lowest BCUT2D eigenvalue weighted by Gasteiger charge is -2.26. The summed E-state index contributed by atoms with van der Waals surface area (Å²) in [7, 11) is -4.00. The third-order valence-electron chi connectivity index (χ3n) is 4.12. The largest absolute Gasteiger partial charge is 0.493 e. The zero-order chi connectivity index (χ0) is 18.0. The van der Waals surface area contributed by atoms with Gasteiger partial charge in [-0.1, -0.05) is 18.2 Å². The number of anilines is 1. The summed E-state index contributed by atoms with van der Waals surface area (Å²) in [6.45, 7) is 1.05. The van der Waals surface area contributed by atoms with Crippen molar-refractivity contribution in [1.29, 1.82) is 0 Å². The van der Waals surface area contributed by atoms with Crippen LogP contribution in [0.5, 0.6) is 5.75 Å². The highest BCUT2D eigenvalue weighted by atomic mass is 32.2. The molecule has 1 aliphatic heterocycles. The first-order valence-electron chi connectivity index (χ1n) is 7.63. The lowest BCUT2D eigenvalue weighted by molar-refractivity contribution is -0.384. The van der Waals surface area contributed by atoms with Gasteiger partial charge in [-0.3, -0.25) is 10.1 Å². The Kier molecular flexibility index (Phi) is 4.60. The van der Waals surface area contributed by atoms with Crippen LogP contribution < -0.4 is 15.2 Å². The van der Waals surface area contributed by atoms with Crippen molar-refractivity contribution in [2.75, 3.05) is 18.5 Å². The smallest absolute Gasteiger partial charge is 0.293 e. The van der Waals surface area contributed by atoms with E-state index in [1.807, 2.05) is 24.3 Å². The molecule has 0 radical (unpaired) electrons. The van der Waals surface area contributed by atoms with Gasteiger partial charge in [0.25, 0.3) is 5.69 Å². The fraction of sp³-hybridized carbons (Fsp3) is 0.250. The molecular weight excluding hydrogens is 346 g/mol. The lowest BCUT2D eigenvalue weighted by Crippen LogP contribution is -2.21. The van der Waals surface area contributed by atoms with Crippen LogP contribution in [0, 0.1) is 10.1 Å². The SMILES string of the molecule is NS(=O)(=O)c1ccc(NCC2CCOc3ccccc32)c([N+](=O)[O-])c1. The van der Waals surface area contributed by atoms with Crippen molar-refractivity contribution in [2.24, 2.45) is 5.14 Å². The Labute approximate surface area is 144 Å². The third kappa shape index (κ3) is 3.72. The Morgan fingerprint density at radius 1 is 1.28 bits per heavy atom. The van der Waals surface area contributed by atoms with Crippen molar-refractivity contribution in [3.8, 4) is 5.75 Å². The van der Waals surface area contributed by atoms with E-state index in [9.17, 15) is 18.5 Å². The molecule has 1 unspecified atom stereocenters. The minimum Gasteiger partial charge on any atom is -0.493 e. The molecule has 1 atom stereocenters. The molecule has 132 valence electrons. The molecule has 8 nitrogen and oxygen atoms in total. The minimum atomic E-state index is -4.00. The average Bonchev–Trinajstić information content (AvgIpc) is 2.58. The van der Waals surface area contributed by atoms with Gasteiger partial charge in [0, 0.05) is 18.5 Å². The Hall–Kier alpha value is -2.65. The molecule has 25 heavy (non-hydrogen) atoms. The summed E-state index contributed by atoms with van der Waals surface area (Å²) in [6, 6.07) is 11.3. The van der Waals surface area contributed by atoms with Gasteiger partial charge >= 0.3 is 0 Å². The minimum absolute atomic E-state index is 0.141. The van der Waals surface area contributed by atoms with Crippen LogP contribution in [0.1, 0.15) is 17.9 Å². The van der Waals surface area contributed by atoms with Crippen LogP contribution >= 0.6 is 0 Å². The molecule has 0 aromatic heterocycles. The van der Waals surface area contributed by atoms with Crippen molar-refractivity contribution >= 4 is 21.4 Å². The molecule has 1 aliphatic rings. The molecule has 0 saturated carbocycles. The molecule has 0 saturated heterocycles. The number of para-hydroxylation sites is 1. The maximum absolute atomic E-state index is 11.4. The third-order valence-corrected chi connectivity index (χ3v) is 5.03. The van der Waals surface area contributed by atoms with E-state index in [-0.39, 0.29) is 22.2 Å². The van der Waals surface area contributed by atoms with Gasteiger partial charge in [0.1, 0.15) is 11.4 Å². The Morgan fingerprint density at radius 3 is 2.76 bits per heavy atom. The molecule has 1 heterocycles. The number of hydrogen-bond acceptors (Lipinski definition) is 6. The normalized spacial score (nSPS) is 16.6. The van der Waals surface area contributed by atoms with Crippen molar-refractivity contribution in [2.45, 2.75) is 17.2 Å². The molecule has 0 fully saturated rings. The van der Waals surface area contributed by atoms with E-state index in [1.165, 1.54) is 12.1 Å². The molecule has 0 aliphatic carbocycles. The summed E-state index contributed by atoms with van der Waals surface area (Å²) in [5.74, 6) is 0.960. The van der Waals surface area contributed by atoms with Gasteiger partial charge < -0.3 is 10.1 Å². The fourth-order valence-electron chi connectivity index (χ4n) is 2.85. The summed E-state index contributed by atoms with van der Waals surface area (Å²) >= 11 is 0. The zero-order valence-electron chi connectivity index (χ0n) is 13.2. The predicted octanol–water partition coefficient (Wildman–Crippen LogP) is 2.22. The van der Waals surface area contributed by atoms with E-state index in [4.69, 9.17) is 9.88 Å². The van der Waals surface area contributed by atoms with Gasteiger partial charge in [-0.2, -0.15) is 0 Å². The number of nitrogens with zero attached hydrogens (tertiary/aromatic N) is 1. The molecule has 0 bridgehead atoms. The zero-order valence-corrected chi connectivity index (χ0v) is 14.0. The maximum atomic E-state index is 11.4. The van der Waals surface area contributed by atoms with Gasteiger partial charge in [-0.25, -0.2) is 13.6 Å². The Morgan fingerprint density at radius 2 is 2.04 bits per heavy atom. The van der Waals surface area contributed by atoms with E-state index < -0.39 is 14.9 Å². The van der Waals surface area contributed by atoms with E-state index in [1.54, 1.807) is 0 Å². The number of nitro benzene ring substituents is 1. The average molecular weight is 363 g/mol. The van der Waals surface area contributed by atoms with Crippen molar-refractivity contribution in [3.05, 3.63) is 58.1 Å². The number of benzene rings is 2. The van der Waals surface area contributed by atoms with E-state index >= 15 is 0 Å². The molecule has 0 spiro atoms. The molecule has 9 heteroatoms. The van der Waals surface area contributed by atoms with Gasteiger partial charge in [0.2, 0.25) is 10.0 Å². The Balaban J connectivity index is 1.83. The first kappa shape index (κ1) is 17.2. The molecular formula is C16H17N3O5S. The van der Waals surface area contributed by atoms with Crippen LogP contribution in [0.25, 0.3) is 0 Å². The molecule has 3 N–H and O–H groups in total. The van der Waals surface area contributed by atoms with Crippen LogP contribution in [0.2, 0.25) is 0 Å². The fourth-order valence-corrected chi connectivity index (χ4v) is 3.38. The van der Waals surface area contributed by atoms with E-state index in [2.05, 4.69) is 5.32 Å². The van der Waals surface area contributed by atoms with Crippen molar-refractivity contribution in [1.82, 2.24) is 0 Å². The number of sulfonamides is 1. The second kappa shape index (κ2) is 6.69. The summed E-state index contributed by atoms with van der Waals surface area (Å²) in [5.41, 5.74) is 0.971. The summed E-state index contributed by atoms with van der Waals surface area (Å²) in [6.07, 6.45) is 0.785. The van der Waals surface area contributed by atoms with Crippen molar-refractivity contribution < 1.29 is 18.1 Å². The van der Waals surface area contributed by atoms with Crippen molar-refractivity contribution in [3.63, 3.8) is 0 Å². The number of nitro groups is 1.